The summed E-state index contributed by atoms with van der Waals surface area (Å²) in [5.41, 5.74) is 0.941. The number of tetrazole rings is 1. The zero-order chi connectivity index (χ0) is 14.7. The van der Waals surface area contributed by atoms with Crippen molar-refractivity contribution in [2.24, 2.45) is 0 Å². The minimum atomic E-state index is 0.647. The van der Waals surface area contributed by atoms with E-state index in [1.807, 2.05) is 24.3 Å². The van der Waals surface area contributed by atoms with Crippen molar-refractivity contribution in [3.63, 3.8) is 0 Å². The van der Waals surface area contributed by atoms with E-state index in [4.69, 9.17) is 11.6 Å². The van der Waals surface area contributed by atoms with Crippen LogP contribution in [0.1, 0.15) is 37.9 Å². The highest BCUT2D eigenvalue weighted by atomic mass is 35.5. The summed E-state index contributed by atoms with van der Waals surface area (Å²) in [6, 6.07) is 8.22. The lowest BCUT2D eigenvalue weighted by molar-refractivity contribution is 0.179. The number of aromatic nitrogens is 4. The summed E-state index contributed by atoms with van der Waals surface area (Å²) < 4.78 is 1.79. The second-order valence-electron chi connectivity index (χ2n) is 5.69. The molecule has 21 heavy (non-hydrogen) atoms. The van der Waals surface area contributed by atoms with Gasteiger partial charge in [0.15, 0.2) is 5.82 Å². The largest absolute Gasteiger partial charge is 0.296 e. The second-order valence-corrected chi connectivity index (χ2v) is 6.13. The van der Waals surface area contributed by atoms with Crippen molar-refractivity contribution in [3.05, 3.63) is 35.1 Å². The molecule has 0 spiro atoms. The lowest BCUT2D eigenvalue weighted by Gasteiger charge is -2.30. The van der Waals surface area contributed by atoms with Crippen LogP contribution in [0.25, 0.3) is 5.69 Å². The van der Waals surface area contributed by atoms with Crippen LogP contribution in [0, 0.1) is 0 Å². The van der Waals surface area contributed by atoms with E-state index in [9.17, 15) is 0 Å². The molecule has 1 aromatic heterocycles. The van der Waals surface area contributed by atoms with E-state index in [2.05, 4.69) is 27.5 Å². The van der Waals surface area contributed by atoms with Crippen molar-refractivity contribution >= 4 is 11.6 Å². The highest BCUT2D eigenvalue weighted by Gasteiger charge is 2.20. The first-order valence-electron chi connectivity index (χ1n) is 7.47. The molecule has 0 amide bonds. The zero-order valence-electron chi connectivity index (χ0n) is 12.2. The molecule has 0 N–H and O–H groups in total. The van der Waals surface area contributed by atoms with Crippen LogP contribution in [0.15, 0.2) is 24.3 Å². The van der Waals surface area contributed by atoms with Gasteiger partial charge in [-0.25, -0.2) is 0 Å². The number of halogens is 1. The molecule has 0 saturated heterocycles. The third-order valence-electron chi connectivity index (χ3n) is 4.19. The van der Waals surface area contributed by atoms with Gasteiger partial charge in [0, 0.05) is 11.1 Å². The van der Waals surface area contributed by atoms with E-state index < -0.39 is 0 Å². The molecule has 3 rings (SSSR count). The maximum atomic E-state index is 5.93. The van der Waals surface area contributed by atoms with Crippen LogP contribution in [0.5, 0.6) is 0 Å². The molecule has 1 aromatic carbocycles. The Balaban J connectivity index is 1.74. The van der Waals surface area contributed by atoms with Gasteiger partial charge in [-0.1, -0.05) is 30.9 Å². The molecule has 1 heterocycles. The monoisotopic (exact) mass is 305 g/mol. The van der Waals surface area contributed by atoms with Gasteiger partial charge >= 0.3 is 0 Å². The van der Waals surface area contributed by atoms with Crippen molar-refractivity contribution in [2.75, 3.05) is 7.05 Å². The first-order chi connectivity index (χ1) is 10.2. The Bertz CT molecular complexity index is 574. The maximum Gasteiger partial charge on any atom is 0.170 e. The molecule has 0 bridgehead atoms. The summed E-state index contributed by atoms with van der Waals surface area (Å²) in [5, 5.41) is 12.8. The Morgan fingerprint density at radius 3 is 2.62 bits per heavy atom. The first kappa shape index (κ1) is 14.5. The molecule has 0 unspecified atom stereocenters. The van der Waals surface area contributed by atoms with Crippen molar-refractivity contribution < 1.29 is 0 Å². The standard InChI is InChI=1S/C15H20ClN5/c1-20(13-5-3-2-4-6-13)11-15-17-18-19-21(15)14-9-7-12(16)8-10-14/h7-10,13H,2-6,11H2,1H3. The van der Waals surface area contributed by atoms with Gasteiger partial charge in [0.1, 0.15) is 0 Å². The Labute approximate surface area is 129 Å². The second kappa shape index (κ2) is 6.54. The van der Waals surface area contributed by atoms with Crippen LogP contribution < -0.4 is 0 Å². The van der Waals surface area contributed by atoms with Gasteiger partial charge < -0.3 is 0 Å². The fraction of sp³-hybridized carbons (Fsp3) is 0.533. The van der Waals surface area contributed by atoms with E-state index in [1.165, 1.54) is 32.1 Å². The Hall–Kier alpha value is -1.46. The fourth-order valence-corrected chi connectivity index (χ4v) is 3.09. The number of hydrogen-bond acceptors (Lipinski definition) is 4. The van der Waals surface area contributed by atoms with Crippen LogP contribution in [0.4, 0.5) is 0 Å². The highest BCUT2D eigenvalue weighted by molar-refractivity contribution is 6.30. The third kappa shape index (κ3) is 3.41. The van der Waals surface area contributed by atoms with Crippen molar-refractivity contribution in [1.82, 2.24) is 25.1 Å². The maximum absolute atomic E-state index is 5.93. The summed E-state index contributed by atoms with van der Waals surface area (Å²) in [5.74, 6) is 0.866. The summed E-state index contributed by atoms with van der Waals surface area (Å²) in [6.45, 7) is 0.764. The summed E-state index contributed by atoms with van der Waals surface area (Å²) in [6.07, 6.45) is 6.58. The number of rotatable bonds is 4. The first-order valence-corrected chi connectivity index (χ1v) is 7.85. The van der Waals surface area contributed by atoms with Crippen molar-refractivity contribution in [3.8, 4) is 5.69 Å². The molecule has 1 aliphatic carbocycles. The fourth-order valence-electron chi connectivity index (χ4n) is 2.96. The van der Waals surface area contributed by atoms with Crippen molar-refractivity contribution in [2.45, 2.75) is 44.7 Å². The van der Waals surface area contributed by atoms with E-state index in [1.54, 1.807) is 4.68 Å². The molecule has 0 aliphatic heterocycles. The van der Waals surface area contributed by atoms with E-state index in [0.29, 0.717) is 11.1 Å². The summed E-state index contributed by atoms with van der Waals surface area (Å²) in [7, 11) is 2.16. The van der Waals surface area contributed by atoms with E-state index >= 15 is 0 Å². The van der Waals surface area contributed by atoms with Crippen LogP contribution in [-0.4, -0.2) is 38.2 Å². The van der Waals surface area contributed by atoms with Gasteiger partial charge in [0.2, 0.25) is 0 Å². The Morgan fingerprint density at radius 2 is 1.90 bits per heavy atom. The zero-order valence-corrected chi connectivity index (χ0v) is 13.0. The molecule has 1 aliphatic rings. The molecular formula is C15H20ClN5. The number of nitrogens with zero attached hydrogens (tertiary/aromatic N) is 5. The molecule has 0 atom stereocenters. The minimum Gasteiger partial charge on any atom is -0.296 e. The van der Waals surface area contributed by atoms with Crippen LogP contribution >= 0.6 is 11.6 Å². The molecule has 2 aromatic rings. The topological polar surface area (TPSA) is 46.8 Å². The van der Waals surface area contributed by atoms with Gasteiger partial charge in [0.05, 0.1) is 12.2 Å². The number of hydrogen-bond donors (Lipinski definition) is 0. The third-order valence-corrected chi connectivity index (χ3v) is 4.45. The normalized spacial score (nSPS) is 16.5. The minimum absolute atomic E-state index is 0.647. The highest BCUT2D eigenvalue weighted by Crippen LogP contribution is 2.23. The average molecular weight is 306 g/mol. The molecule has 6 heteroatoms. The molecule has 1 saturated carbocycles. The Morgan fingerprint density at radius 1 is 1.19 bits per heavy atom. The van der Waals surface area contributed by atoms with Gasteiger partial charge in [-0.3, -0.25) is 4.90 Å². The Kier molecular flexibility index (Phi) is 4.51. The SMILES string of the molecule is CN(Cc1nnnn1-c1ccc(Cl)cc1)C1CCCCC1. The van der Waals surface area contributed by atoms with Crippen molar-refractivity contribution in [1.29, 1.82) is 0 Å². The molecular weight excluding hydrogens is 286 g/mol. The summed E-state index contributed by atoms with van der Waals surface area (Å²) >= 11 is 5.93. The predicted molar refractivity (Wildman–Crippen MR) is 82.5 cm³/mol. The molecule has 5 nitrogen and oxygen atoms in total. The van der Waals surface area contributed by atoms with Crippen LogP contribution in [0.2, 0.25) is 5.02 Å². The average Bonchev–Trinajstić information content (AvgIpc) is 2.97. The van der Waals surface area contributed by atoms with Crippen LogP contribution in [0.3, 0.4) is 0 Å². The van der Waals surface area contributed by atoms with Gasteiger partial charge in [-0.2, -0.15) is 4.68 Å². The lowest BCUT2D eigenvalue weighted by Crippen LogP contribution is -2.33. The van der Waals surface area contributed by atoms with E-state index in [0.717, 1.165) is 18.1 Å². The molecule has 1 fully saturated rings. The van der Waals surface area contributed by atoms with E-state index in [-0.39, 0.29) is 0 Å². The van der Waals surface area contributed by atoms with Crippen LogP contribution in [-0.2, 0) is 6.54 Å². The molecule has 112 valence electrons. The predicted octanol–water partition coefficient (Wildman–Crippen LogP) is 3.08. The number of benzene rings is 1. The van der Waals surface area contributed by atoms with Gasteiger partial charge in [0.25, 0.3) is 0 Å². The van der Waals surface area contributed by atoms with Gasteiger partial charge in [-0.15, -0.1) is 5.10 Å². The quantitative estimate of drug-likeness (QED) is 0.871. The lowest BCUT2D eigenvalue weighted by atomic mass is 9.94. The smallest absolute Gasteiger partial charge is 0.170 e. The summed E-state index contributed by atoms with van der Waals surface area (Å²) in [4.78, 5) is 2.37. The molecule has 0 radical (unpaired) electrons. The van der Waals surface area contributed by atoms with Gasteiger partial charge in [-0.05, 0) is 54.6 Å².